The predicted octanol–water partition coefficient (Wildman–Crippen LogP) is 3.72. The van der Waals surface area contributed by atoms with E-state index in [0.29, 0.717) is 54.9 Å². The Labute approximate surface area is 232 Å². The van der Waals surface area contributed by atoms with E-state index in [1.165, 1.54) is 26.4 Å². The van der Waals surface area contributed by atoms with Gasteiger partial charge in [0.2, 0.25) is 0 Å². The molecule has 4 aromatic rings. The summed E-state index contributed by atoms with van der Waals surface area (Å²) in [6, 6.07) is 18.5. The van der Waals surface area contributed by atoms with Gasteiger partial charge in [0, 0.05) is 50.4 Å². The van der Waals surface area contributed by atoms with Crippen molar-refractivity contribution in [3.05, 3.63) is 84.1 Å². The van der Waals surface area contributed by atoms with E-state index < -0.39 is 10.0 Å². The number of hydrogen-bond acceptors (Lipinski definition) is 8. The number of ether oxygens (including phenoxy) is 2. The number of aromatic nitrogens is 1. The van der Waals surface area contributed by atoms with E-state index in [2.05, 4.69) is 14.6 Å². The largest absolute Gasteiger partial charge is 0.504 e. The summed E-state index contributed by atoms with van der Waals surface area (Å²) in [6.07, 6.45) is 1.55. The van der Waals surface area contributed by atoms with Gasteiger partial charge in [-0.1, -0.05) is 24.3 Å². The fourth-order valence-corrected chi connectivity index (χ4v) is 6.04. The third-order valence-corrected chi connectivity index (χ3v) is 8.29. The summed E-state index contributed by atoms with van der Waals surface area (Å²) in [5, 5.41) is 10.8. The molecule has 0 bridgehead atoms. The molecule has 3 aromatic carbocycles. The molecular weight excluding hydrogens is 532 g/mol. The van der Waals surface area contributed by atoms with Crippen molar-refractivity contribution in [2.24, 2.45) is 0 Å². The molecule has 2 heterocycles. The number of nitrogens with zero attached hydrogens (tertiary/aromatic N) is 3. The van der Waals surface area contributed by atoms with Crippen LogP contribution < -0.4 is 14.2 Å². The molecule has 208 valence electrons. The molecule has 0 spiro atoms. The number of carbonyl (C=O) groups excluding carboxylic acids is 1. The van der Waals surface area contributed by atoms with Crippen molar-refractivity contribution in [3.63, 3.8) is 0 Å². The molecular formula is C29H30N4O6S. The minimum Gasteiger partial charge on any atom is -0.504 e. The molecule has 0 aliphatic carbocycles. The summed E-state index contributed by atoms with van der Waals surface area (Å²) >= 11 is 0. The van der Waals surface area contributed by atoms with Gasteiger partial charge in [-0.2, -0.15) is 0 Å². The number of sulfonamides is 1. The minimum absolute atomic E-state index is 0.0624. The number of hydrogen-bond donors (Lipinski definition) is 2. The zero-order chi connectivity index (χ0) is 28.3. The number of methoxy groups -OCH3 is 2. The molecule has 1 aromatic heterocycles. The van der Waals surface area contributed by atoms with Crippen molar-refractivity contribution in [1.82, 2.24) is 14.8 Å². The number of pyridine rings is 1. The van der Waals surface area contributed by atoms with Crippen molar-refractivity contribution in [3.8, 4) is 17.2 Å². The number of para-hydroxylation sites is 1. The molecule has 0 unspecified atom stereocenters. The van der Waals surface area contributed by atoms with Crippen LogP contribution in [-0.2, 0) is 16.6 Å². The fourth-order valence-electron chi connectivity index (χ4n) is 4.81. The Morgan fingerprint density at radius 1 is 0.950 bits per heavy atom. The second-order valence-electron chi connectivity index (χ2n) is 9.43. The Bertz CT molecular complexity index is 1650. The number of piperazine rings is 1. The highest BCUT2D eigenvalue weighted by Gasteiger charge is 2.26. The standard InChI is InChI=1S/C29H30N4O6S/c1-38-25-11-8-20(17-24(25)34)19-32-13-15-33(16-14-32)29(35)23-10-9-22(18-26(23)39-2)31-40(36,37)27-7-3-5-21-6-4-12-30-28(21)27/h3-12,17-18,31,34H,13-16,19H2,1-2H3. The molecule has 1 saturated heterocycles. The normalized spacial score (nSPS) is 14.2. The van der Waals surface area contributed by atoms with Gasteiger partial charge in [-0.15, -0.1) is 0 Å². The lowest BCUT2D eigenvalue weighted by atomic mass is 10.1. The van der Waals surface area contributed by atoms with Crippen LogP contribution in [-0.4, -0.2) is 74.6 Å². The predicted molar refractivity (Wildman–Crippen MR) is 151 cm³/mol. The summed E-state index contributed by atoms with van der Waals surface area (Å²) < 4.78 is 39.6. The van der Waals surface area contributed by atoms with Crippen LogP contribution in [0.5, 0.6) is 17.2 Å². The van der Waals surface area contributed by atoms with E-state index in [1.54, 1.807) is 59.6 Å². The summed E-state index contributed by atoms with van der Waals surface area (Å²) in [5.41, 5.74) is 1.95. The third kappa shape index (κ3) is 5.65. The maximum atomic E-state index is 13.4. The molecule has 0 radical (unpaired) electrons. The number of fused-ring (bicyclic) bond motifs is 1. The van der Waals surface area contributed by atoms with E-state index in [9.17, 15) is 18.3 Å². The first-order valence-electron chi connectivity index (χ1n) is 12.7. The SMILES string of the molecule is COc1ccc(CN2CCN(C(=O)c3ccc(NS(=O)(=O)c4cccc5cccnc45)cc3OC)CC2)cc1O. The first-order chi connectivity index (χ1) is 19.3. The minimum atomic E-state index is -3.95. The van der Waals surface area contributed by atoms with Gasteiger partial charge < -0.3 is 19.5 Å². The average molecular weight is 563 g/mol. The number of phenols is 1. The van der Waals surface area contributed by atoms with Gasteiger partial charge in [0.25, 0.3) is 15.9 Å². The number of amides is 1. The maximum absolute atomic E-state index is 13.4. The Morgan fingerprint density at radius 3 is 2.42 bits per heavy atom. The Morgan fingerprint density at radius 2 is 1.70 bits per heavy atom. The number of nitrogens with one attached hydrogen (secondary N) is 1. The smallest absolute Gasteiger partial charge is 0.264 e. The Hall–Kier alpha value is -4.35. The summed E-state index contributed by atoms with van der Waals surface area (Å²) in [4.78, 5) is 21.6. The first-order valence-corrected chi connectivity index (χ1v) is 14.2. The van der Waals surface area contributed by atoms with Crippen molar-refractivity contribution < 1.29 is 27.8 Å². The molecule has 2 N–H and O–H groups in total. The molecule has 1 aliphatic rings. The molecule has 10 nitrogen and oxygen atoms in total. The van der Waals surface area contributed by atoms with Crippen LogP contribution in [0.25, 0.3) is 10.9 Å². The first kappa shape index (κ1) is 27.2. The lowest BCUT2D eigenvalue weighted by Gasteiger charge is -2.35. The zero-order valence-electron chi connectivity index (χ0n) is 22.2. The lowest BCUT2D eigenvalue weighted by Crippen LogP contribution is -2.48. The van der Waals surface area contributed by atoms with Crippen LogP contribution in [0.15, 0.2) is 77.8 Å². The van der Waals surface area contributed by atoms with E-state index in [-0.39, 0.29) is 28.0 Å². The molecule has 1 aliphatic heterocycles. The molecule has 0 atom stereocenters. The maximum Gasteiger partial charge on any atom is 0.264 e. The Kier molecular flexibility index (Phi) is 7.76. The van der Waals surface area contributed by atoms with E-state index in [0.717, 1.165) is 5.56 Å². The summed E-state index contributed by atoms with van der Waals surface area (Å²) in [5.74, 6) is 0.613. The van der Waals surface area contributed by atoms with Gasteiger partial charge in [0.05, 0.1) is 31.0 Å². The van der Waals surface area contributed by atoms with Gasteiger partial charge in [0.1, 0.15) is 10.6 Å². The molecule has 5 rings (SSSR count). The van der Waals surface area contributed by atoms with Crippen molar-refractivity contribution in [2.45, 2.75) is 11.4 Å². The van der Waals surface area contributed by atoms with Crippen LogP contribution in [0.4, 0.5) is 5.69 Å². The van der Waals surface area contributed by atoms with Gasteiger partial charge in [0.15, 0.2) is 11.5 Å². The highest BCUT2D eigenvalue weighted by molar-refractivity contribution is 7.93. The van der Waals surface area contributed by atoms with Crippen molar-refractivity contribution >= 4 is 32.5 Å². The van der Waals surface area contributed by atoms with Crippen molar-refractivity contribution in [1.29, 1.82) is 0 Å². The van der Waals surface area contributed by atoms with E-state index in [1.807, 2.05) is 6.07 Å². The second kappa shape index (κ2) is 11.4. The average Bonchev–Trinajstić information content (AvgIpc) is 2.96. The van der Waals surface area contributed by atoms with Gasteiger partial charge in [-0.05, 0) is 42.0 Å². The molecule has 0 saturated carbocycles. The lowest BCUT2D eigenvalue weighted by molar-refractivity contribution is 0.0625. The quantitative estimate of drug-likeness (QED) is 0.333. The number of benzene rings is 3. The fraction of sp³-hybridized carbons (Fsp3) is 0.241. The summed E-state index contributed by atoms with van der Waals surface area (Å²) in [7, 11) is -0.993. The zero-order valence-corrected chi connectivity index (χ0v) is 23.0. The van der Waals surface area contributed by atoms with Gasteiger partial charge in [-0.3, -0.25) is 19.4 Å². The number of anilines is 1. The van der Waals surface area contributed by atoms with Crippen LogP contribution in [0.1, 0.15) is 15.9 Å². The van der Waals surface area contributed by atoms with E-state index >= 15 is 0 Å². The number of carbonyl (C=O) groups is 1. The van der Waals surface area contributed by atoms with Crippen LogP contribution in [0.3, 0.4) is 0 Å². The molecule has 40 heavy (non-hydrogen) atoms. The molecule has 1 amide bonds. The Balaban J connectivity index is 1.26. The van der Waals surface area contributed by atoms with E-state index in [4.69, 9.17) is 9.47 Å². The van der Waals surface area contributed by atoms with Crippen molar-refractivity contribution in [2.75, 3.05) is 45.1 Å². The highest BCUT2D eigenvalue weighted by Crippen LogP contribution is 2.29. The van der Waals surface area contributed by atoms with Gasteiger partial charge >= 0.3 is 0 Å². The van der Waals surface area contributed by atoms with Crippen LogP contribution in [0, 0.1) is 0 Å². The third-order valence-electron chi connectivity index (χ3n) is 6.88. The highest BCUT2D eigenvalue weighted by atomic mass is 32.2. The molecule has 1 fully saturated rings. The number of aromatic hydroxyl groups is 1. The monoisotopic (exact) mass is 562 g/mol. The number of rotatable bonds is 8. The second-order valence-corrected chi connectivity index (χ2v) is 11.1. The van der Waals surface area contributed by atoms with Crippen LogP contribution in [0.2, 0.25) is 0 Å². The van der Waals surface area contributed by atoms with Gasteiger partial charge in [-0.25, -0.2) is 8.42 Å². The molecule has 11 heteroatoms. The summed E-state index contributed by atoms with van der Waals surface area (Å²) in [6.45, 7) is 3.01. The number of phenolic OH excluding ortho intramolecular Hbond substituents is 1. The van der Waals surface area contributed by atoms with Crippen LogP contribution >= 0.6 is 0 Å². The topological polar surface area (TPSA) is 121 Å².